The molecular weight excluding hydrogens is 324 g/mol. The van der Waals surface area contributed by atoms with Gasteiger partial charge in [-0.25, -0.2) is 0 Å². The van der Waals surface area contributed by atoms with E-state index < -0.39 is 0 Å². The molecule has 0 aliphatic rings. The lowest BCUT2D eigenvalue weighted by molar-refractivity contribution is 0.0936. The van der Waals surface area contributed by atoms with E-state index >= 15 is 0 Å². The van der Waals surface area contributed by atoms with Crippen molar-refractivity contribution < 1.29 is 9.53 Å². The summed E-state index contributed by atoms with van der Waals surface area (Å²) in [7, 11) is 0. The van der Waals surface area contributed by atoms with E-state index in [0.717, 1.165) is 28.6 Å². The Kier molecular flexibility index (Phi) is 5.12. The van der Waals surface area contributed by atoms with Crippen molar-refractivity contribution in [2.45, 2.75) is 19.6 Å². The molecule has 1 N–H and O–H groups in total. The highest BCUT2D eigenvalue weighted by molar-refractivity contribution is 6.99. The van der Waals surface area contributed by atoms with Crippen molar-refractivity contribution in [3.63, 3.8) is 0 Å². The zero-order chi connectivity index (χ0) is 16.8. The first-order valence-electron chi connectivity index (χ1n) is 7.42. The minimum atomic E-state index is -0.229. The van der Waals surface area contributed by atoms with Crippen molar-refractivity contribution in [1.29, 1.82) is 0 Å². The largest absolute Gasteiger partial charge is 0.489 e. The number of hydrogen-bond acceptors (Lipinski definition) is 6. The molecule has 0 bridgehead atoms. The molecule has 0 aliphatic heterocycles. The topological polar surface area (TPSA) is 77.0 Å². The fourth-order valence-electron chi connectivity index (χ4n) is 2.12. The molecule has 2 aromatic heterocycles. The van der Waals surface area contributed by atoms with Crippen LogP contribution in [0.3, 0.4) is 0 Å². The third kappa shape index (κ3) is 4.14. The number of pyridine rings is 1. The Hall–Kier alpha value is -2.80. The summed E-state index contributed by atoms with van der Waals surface area (Å²) in [5, 5.41) is 2.89. The molecule has 1 aromatic carbocycles. The van der Waals surface area contributed by atoms with Crippen molar-refractivity contribution in [1.82, 2.24) is 19.0 Å². The van der Waals surface area contributed by atoms with Gasteiger partial charge in [0.25, 0.3) is 5.91 Å². The molecular formula is C17H16N4O2S. The Morgan fingerprint density at radius 2 is 2.08 bits per heavy atom. The maximum absolute atomic E-state index is 12.0. The van der Waals surface area contributed by atoms with E-state index in [1.165, 1.54) is 6.20 Å². The minimum absolute atomic E-state index is 0.133. The van der Waals surface area contributed by atoms with Crippen LogP contribution in [-0.4, -0.2) is 19.6 Å². The fourth-order valence-corrected chi connectivity index (χ4v) is 2.53. The zero-order valence-corrected chi connectivity index (χ0v) is 13.9. The molecule has 2 heterocycles. The van der Waals surface area contributed by atoms with Crippen LogP contribution >= 0.6 is 11.7 Å². The molecule has 0 aliphatic carbocycles. The highest BCUT2D eigenvalue weighted by atomic mass is 32.1. The van der Waals surface area contributed by atoms with Crippen LogP contribution in [-0.2, 0) is 6.61 Å². The minimum Gasteiger partial charge on any atom is -0.489 e. The molecule has 0 spiro atoms. The van der Waals surface area contributed by atoms with Crippen LogP contribution in [0.15, 0.2) is 55.0 Å². The number of nitrogens with one attached hydrogen (secondary N) is 1. The second-order valence-corrected chi connectivity index (χ2v) is 5.76. The van der Waals surface area contributed by atoms with Crippen LogP contribution in [0.4, 0.5) is 0 Å². The van der Waals surface area contributed by atoms with Gasteiger partial charge in [-0.3, -0.25) is 9.78 Å². The van der Waals surface area contributed by atoms with Gasteiger partial charge in [-0.2, -0.15) is 8.75 Å². The number of ether oxygens (including phenoxy) is 1. The molecule has 0 radical (unpaired) electrons. The summed E-state index contributed by atoms with van der Waals surface area (Å²) < 4.78 is 13.5. The van der Waals surface area contributed by atoms with E-state index in [9.17, 15) is 4.79 Å². The van der Waals surface area contributed by atoms with E-state index in [1.54, 1.807) is 12.4 Å². The summed E-state index contributed by atoms with van der Waals surface area (Å²) in [6, 6.07) is 11.4. The summed E-state index contributed by atoms with van der Waals surface area (Å²) in [6.45, 7) is 2.39. The van der Waals surface area contributed by atoms with E-state index in [1.807, 2.05) is 43.3 Å². The fraction of sp³-hybridized carbons (Fsp3) is 0.176. The summed E-state index contributed by atoms with van der Waals surface area (Å²) in [5.41, 5.74) is 2.34. The lowest BCUT2D eigenvalue weighted by Crippen LogP contribution is -2.26. The highest BCUT2D eigenvalue weighted by Crippen LogP contribution is 2.19. The monoisotopic (exact) mass is 340 g/mol. The van der Waals surface area contributed by atoms with Crippen molar-refractivity contribution in [3.8, 4) is 5.75 Å². The van der Waals surface area contributed by atoms with Crippen LogP contribution in [0.2, 0.25) is 0 Å². The molecule has 0 saturated heterocycles. The Balaban J connectivity index is 1.56. The normalized spacial score (nSPS) is 11.7. The second-order valence-electron chi connectivity index (χ2n) is 5.21. The molecule has 0 fully saturated rings. The average molecular weight is 340 g/mol. The number of benzene rings is 1. The molecule has 1 atom stereocenters. The van der Waals surface area contributed by atoms with E-state index in [-0.39, 0.29) is 11.9 Å². The highest BCUT2D eigenvalue weighted by Gasteiger charge is 2.13. The number of nitrogens with zero attached hydrogens (tertiary/aromatic N) is 3. The van der Waals surface area contributed by atoms with Gasteiger partial charge < -0.3 is 10.1 Å². The van der Waals surface area contributed by atoms with Crippen molar-refractivity contribution in [2.75, 3.05) is 0 Å². The first-order valence-corrected chi connectivity index (χ1v) is 8.15. The first-order chi connectivity index (χ1) is 11.7. The number of amides is 1. The summed E-state index contributed by atoms with van der Waals surface area (Å²) >= 11 is 1.01. The van der Waals surface area contributed by atoms with E-state index in [2.05, 4.69) is 19.0 Å². The van der Waals surface area contributed by atoms with Crippen molar-refractivity contribution >= 4 is 17.6 Å². The van der Waals surface area contributed by atoms with Gasteiger partial charge in [-0.1, -0.05) is 18.2 Å². The smallest absolute Gasteiger partial charge is 0.273 e. The number of hydrogen-bond donors (Lipinski definition) is 1. The van der Waals surface area contributed by atoms with Crippen molar-refractivity contribution in [2.24, 2.45) is 0 Å². The molecule has 24 heavy (non-hydrogen) atoms. The van der Waals surface area contributed by atoms with Gasteiger partial charge in [0.05, 0.1) is 24.0 Å². The van der Waals surface area contributed by atoms with Gasteiger partial charge in [0.15, 0.2) is 5.69 Å². The standard InChI is InChI=1S/C17H16N4O2S/c1-12(20-17(22)16-10-19-24-21-16)14-4-6-15(7-5-14)23-11-13-3-2-8-18-9-13/h2-10,12H,11H2,1H3,(H,20,22). The van der Waals surface area contributed by atoms with Crippen LogP contribution in [0.1, 0.15) is 34.6 Å². The van der Waals surface area contributed by atoms with Crippen LogP contribution in [0, 0.1) is 0 Å². The van der Waals surface area contributed by atoms with E-state index in [4.69, 9.17) is 4.74 Å². The zero-order valence-electron chi connectivity index (χ0n) is 13.0. The molecule has 1 unspecified atom stereocenters. The number of carbonyl (C=O) groups is 1. The quantitative estimate of drug-likeness (QED) is 0.746. The molecule has 1 amide bonds. The predicted octanol–water partition coefficient (Wildman–Crippen LogP) is 3.00. The maximum atomic E-state index is 12.0. The lowest BCUT2D eigenvalue weighted by atomic mass is 10.1. The van der Waals surface area contributed by atoms with Gasteiger partial charge in [-0.15, -0.1) is 0 Å². The number of rotatable bonds is 6. The molecule has 122 valence electrons. The third-order valence-corrected chi connectivity index (χ3v) is 3.93. The molecule has 7 heteroatoms. The Labute approximate surface area is 143 Å². The van der Waals surface area contributed by atoms with Crippen LogP contribution in [0.25, 0.3) is 0 Å². The number of aromatic nitrogens is 3. The Morgan fingerprint density at radius 1 is 1.25 bits per heavy atom. The van der Waals surface area contributed by atoms with Crippen molar-refractivity contribution in [3.05, 3.63) is 71.8 Å². The molecule has 6 nitrogen and oxygen atoms in total. The maximum Gasteiger partial charge on any atom is 0.273 e. The summed E-state index contributed by atoms with van der Waals surface area (Å²) in [4.78, 5) is 16.0. The van der Waals surface area contributed by atoms with Gasteiger partial charge >= 0.3 is 0 Å². The SMILES string of the molecule is CC(NC(=O)c1cnsn1)c1ccc(OCc2cccnc2)cc1. The van der Waals surface area contributed by atoms with E-state index in [0.29, 0.717) is 12.3 Å². The Bertz CT molecular complexity index is 776. The van der Waals surface area contributed by atoms with Crippen LogP contribution < -0.4 is 10.1 Å². The lowest BCUT2D eigenvalue weighted by Gasteiger charge is -2.14. The summed E-state index contributed by atoms with van der Waals surface area (Å²) in [6.07, 6.45) is 4.97. The first kappa shape index (κ1) is 16.1. The average Bonchev–Trinajstić information content (AvgIpc) is 3.16. The molecule has 0 saturated carbocycles. The summed E-state index contributed by atoms with van der Waals surface area (Å²) in [5.74, 6) is 0.540. The number of carbonyl (C=O) groups excluding carboxylic acids is 1. The molecule has 3 aromatic rings. The third-order valence-electron chi connectivity index (χ3n) is 3.45. The van der Waals surface area contributed by atoms with Gasteiger partial charge in [0.1, 0.15) is 12.4 Å². The van der Waals surface area contributed by atoms with Gasteiger partial charge in [-0.05, 0) is 30.7 Å². The van der Waals surface area contributed by atoms with Crippen LogP contribution in [0.5, 0.6) is 5.75 Å². The Morgan fingerprint density at radius 3 is 2.75 bits per heavy atom. The molecule has 3 rings (SSSR count). The van der Waals surface area contributed by atoms with Gasteiger partial charge in [0.2, 0.25) is 0 Å². The predicted molar refractivity (Wildman–Crippen MR) is 90.8 cm³/mol. The van der Waals surface area contributed by atoms with Gasteiger partial charge in [0, 0.05) is 18.0 Å². The second kappa shape index (κ2) is 7.65.